The van der Waals surface area contributed by atoms with E-state index >= 15 is 0 Å². The van der Waals surface area contributed by atoms with E-state index < -0.39 is 10.7 Å². The lowest BCUT2D eigenvalue weighted by Gasteiger charge is -2.09. The molecule has 0 amide bonds. The molecular formula is C14H11BrFNO3. The van der Waals surface area contributed by atoms with E-state index in [0.717, 1.165) is 5.56 Å². The Labute approximate surface area is 123 Å². The monoisotopic (exact) mass is 339 g/mol. The zero-order valence-electron chi connectivity index (χ0n) is 10.6. The van der Waals surface area contributed by atoms with E-state index in [-0.39, 0.29) is 5.69 Å². The van der Waals surface area contributed by atoms with Gasteiger partial charge < -0.3 is 4.74 Å². The number of aryl methyl sites for hydroxylation is 1. The van der Waals surface area contributed by atoms with Crippen molar-refractivity contribution in [2.24, 2.45) is 0 Å². The molecule has 0 fully saturated rings. The standard InChI is InChI=1S/C14H11BrFNO3/c1-9-2-3-11(16)7-14(9)20-12-4-5-13(17(18)19)10(6-12)8-15/h2-7H,8H2,1H3. The van der Waals surface area contributed by atoms with Gasteiger partial charge >= 0.3 is 0 Å². The summed E-state index contributed by atoms with van der Waals surface area (Å²) < 4.78 is 18.8. The average Bonchev–Trinajstić information content (AvgIpc) is 2.42. The summed E-state index contributed by atoms with van der Waals surface area (Å²) in [5.41, 5.74) is 1.30. The van der Waals surface area contributed by atoms with Crippen LogP contribution in [0.15, 0.2) is 36.4 Å². The van der Waals surface area contributed by atoms with Crippen molar-refractivity contribution in [2.75, 3.05) is 0 Å². The number of halogens is 2. The van der Waals surface area contributed by atoms with E-state index in [4.69, 9.17) is 4.74 Å². The highest BCUT2D eigenvalue weighted by Gasteiger charge is 2.14. The van der Waals surface area contributed by atoms with Gasteiger partial charge in [-0.2, -0.15) is 0 Å². The minimum atomic E-state index is -0.451. The second-order valence-electron chi connectivity index (χ2n) is 4.19. The van der Waals surface area contributed by atoms with Gasteiger partial charge in [0.2, 0.25) is 0 Å². The largest absolute Gasteiger partial charge is 0.457 e. The van der Waals surface area contributed by atoms with Crippen molar-refractivity contribution >= 4 is 21.6 Å². The van der Waals surface area contributed by atoms with Crippen molar-refractivity contribution in [3.05, 3.63) is 63.5 Å². The highest BCUT2D eigenvalue weighted by molar-refractivity contribution is 9.08. The molecule has 104 valence electrons. The Morgan fingerprint density at radius 2 is 2.05 bits per heavy atom. The summed E-state index contributed by atoms with van der Waals surface area (Å²) in [6.07, 6.45) is 0. The molecule has 0 atom stereocenters. The number of rotatable bonds is 4. The van der Waals surface area contributed by atoms with Crippen molar-refractivity contribution in [3.8, 4) is 11.5 Å². The van der Waals surface area contributed by atoms with E-state index in [1.165, 1.54) is 24.3 Å². The first-order chi connectivity index (χ1) is 9.51. The molecule has 0 bridgehead atoms. The Hall–Kier alpha value is -1.95. The summed E-state index contributed by atoms with van der Waals surface area (Å²) in [6, 6.07) is 8.68. The zero-order chi connectivity index (χ0) is 14.7. The van der Waals surface area contributed by atoms with Gasteiger partial charge in [-0.15, -0.1) is 0 Å². The Balaban J connectivity index is 2.34. The Kier molecular flexibility index (Phi) is 4.34. The molecule has 0 aliphatic carbocycles. The molecule has 0 aromatic heterocycles. The summed E-state index contributed by atoms with van der Waals surface area (Å²) in [5, 5.41) is 11.2. The molecule has 4 nitrogen and oxygen atoms in total. The fraction of sp³-hybridized carbons (Fsp3) is 0.143. The van der Waals surface area contributed by atoms with Gasteiger partial charge in [0.15, 0.2) is 0 Å². The van der Waals surface area contributed by atoms with Crippen LogP contribution in [0.25, 0.3) is 0 Å². The lowest BCUT2D eigenvalue weighted by atomic mass is 10.2. The first kappa shape index (κ1) is 14.5. The fourth-order valence-corrected chi connectivity index (χ4v) is 2.17. The molecule has 20 heavy (non-hydrogen) atoms. The SMILES string of the molecule is Cc1ccc(F)cc1Oc1ccc([N+](=O)[O-])c(CBr)c1. The summed E-state index contributed by atoms with van der Waals surface area (Å²) in [6.45, 7) is 1.80. The predicted octanol–water partition coefficient (Wildman–Crippen LogP) is 4.73. The van der Waals surface area contributed by atoms with E-state index in [1.54, 1.807) is 19.1 Å². The molecule has 0 aliphatic rings. The van der Waals surface area contributed by atoms with Crippen LogP contribution in [0.5, 0.6) is 11.5 Å². The van der Waals surface area contributed by atoms with Gasteiger partial charge in [0.25, 0.3) is 5.69 Å². The van der Waals surface area contributed by atoms with Crippen LogP contribution in [0.2, 0.25) is 0 Å². The predicted molar refractivity (Wildman–Crippen MR) is 76.9 cm³/mol. The van der Waals surface area contributed by atoms with Crippen molar-refractivity contribution in [2.45, 2.75) is 12.3 Å². The topological polar surface area (TPSA) is 52.4 Å². The van der Waals surface area contributed by atoms with Crippen LogP contribution in [0.4, 0.5) is 10.1 Å². The van der Waals surface area contributed by atoms with Crippen LogP contribution in [-0.4, -0.2) is 4.92 Å². The van der Waals surface area contributed by atoms with Crippen LogP contribution in [0.3, 0.4) is 0 Å². The normalized spacial score (nSPS) is 10.3. The summed E-state index contributed by atoms with van der Waals surface area (Å²) in [5.74, 6) is 0.423. The van der Waals surface area contributed by atoms with Crippen LogP contribution >= 0.6 is 15.9 Å². The third-order valence-corrected chi connectivity index (χ3v) is 3.37. The van der Waals surface area contributed by atoms with Gasteiger partial charge in [0.05, 0.1) is 4.92 Å². The number of hydrogen-bond acceptors (Lipinski definition) is 3. The molecule has 0 heterocycles. The van der Waals surface area contributed by atoms with E-state index in [1.807, 2.05) is 0 Å². The smallest absolute Gasteiger partial charge is 0.273 e. The number of nitrogens with zero attached hydrogens (tertiary/aromatic N) is 1. The van der Waals surface area contributed by atoms with Gasteiger partial charge in [-0.1, -0.05) is 22.0 Å². The number of ether oxygens (including phenoxy) is 1. The molecule has 6 heteroatoms. The highest BCUT2D eigenvalue weighted by Crippen LogP contribution is 2.30. The molecule has 0 saturated carbocycles. The molecule has 0 spiro atoms. The van der Waals surface area contributed by atoms with E-state index in [2.05, 4.69) is 15.9 Å². The molecule has 2 aromatic carbocycles. The van der Waals surface area contributed by atoms with Gasteiger partial charge in [0, 0.05) is 23.0 Å². The fourth-order valence-electron chi connectivity index (χ4n) is 1.72. The Bertz CT molecular complexity index is 661. The number of benzene rings is 2. The van der Waals surface area contributed by atoms with Crippen molar-refractivity contribution in [1.82, 2.24) is 0 Å². The van der Waals surface area contributed by atoms with Gasteiger partial charge in [-0.25, -0.2) is 4.39 Å². The maximum absolute atomic E-state index is 13.2. The molecule has 2 aromatic rings. The summed E-state index contributed by atoms with van der Waals surface area (Å²) >= 11 is 3.20. The summed E-state index contributed by atoms with van der Waals surface area (Å²) in [4.78, 5) is 10.4. The van der Waals surface area contributed by atoms with Crippen LogP contribution < -0.4 is 4.74 Å². The minimum absolute atomic E-state index is 0.0187. The zero-order valence-corrected chi connectivity index (χ0v) is 12.2. The molecule has 0 unspecified atom stereocenters. The minimum Gasteiger partial charge on any atom is -0.457 e. The number of nitro groups is 1. The lowest BCUT2D eigenvalue weighted by Crippen LogP contribution is -1.95. The molecule has 0 N–H and O–H groups in total. The molecule has 2 rings (SSSR count). The second-order valence-corrected chi connectivity index (χ2v) is 4.75. The van der Waals surface area contributed by atoms with Crippen LogP contribution in [0.1, 0.15) is 11.1 Å². The van der Waals surface area contributed by atoms with Gasteiger partial charge in [-0.05, 0) is 30.7 Å². The first-order valence-electron chi connectivity index (χ1n) is 5.78. The number of alkyl halides is 1. The number of hydrogen-bond donors (Lipinski definition) is 0. The van der Waals surface area contributed by atoms with Crippen molar-refractivity contribution in [1.29, 1.82) is 0 Å². The highest BCUT2D eigenvalue weighted by atomic mass is 79.9. The molecule has 0 radical (unpaired) electrons. The van der Waals surface area contributed by atoms with E-state index in [0.29, 0.717) is 22.4 Å². The number of nitro benzene ring substituents is 1. The average molecular weight is 340 g/mol. The molecular weight excluding hydrogens is 329 g/mol. The first-order valence-corrected chi connectivity index (χ1v) is 6.90. The third kappa shape index (κ3) is 3.14. The van der Waals surface area contributed by atoms with E-state index in [9.17, 15) is 14.5 Å². The van der Waals surface area contributed by atoms with Crippen LogP contribution in [0, 0.1) is 22.9 Å². The third-order valence-electron chi connectivity index (χ3n) is 2.77. The second kappa shape index (κ2) is 6.00. The van der Waals surface area contributed by atoms with Gasteiger partial charge in [-0.3, -0.25) is 10.1 Å². The lowest BCUT2D eigenvalue weighted by molar-refractivity contribution is -0.385. The van der Waals surface area contributed by atoms with Crippen LogP contribution in [-0.2, 0) is 5.33 Å². The van der Waals surface area contributed by atoms with Gasteiger partial charge in [0.1, 0.15) is 17.3 Å². The summed E-state index contributed by atoms with van der Waals surface area (Å²) in [7, 11) is 0. The van der Waals surface area contributed by atoms with Crippen molar-refractivity contribution in [3.63, 3.8) is 0 Å². The Morgan fingerprint density at radius 3 is 2.70 bits per heavy atom. The van der Waals surface area contributed by atoms with Crippen molar-refractivity contribution < 1.29 is 14.1 Å². The molecule has 0 aliphatic heterocycles. The Morgan fingerprint density at radius 1 is 1.30 bits per heavy atom. The maximum atomic E-state index is 13.2. The quantitative estimate of drug-likeness (QED) is 0.459. The molecule has 0 saturated heterocycles. The maximum Gasteiger partial charge on any atom is 0.273 e.